The van der Waals surface area contributed by atoms with Gasteiger partial charge in [0.25, 0.3) is 0 Å². The van der Waals surface area contributed by atoms with Gasteiger partial charge in [-0.3, -0.25) is 0 Å². The van der Waals surface area contributed by atoms with E-state index >= 15 is 0 Å². The van der Waals surface area contributed by atoms with Crippen molar-refractivity contribution in [3.05, 3.63) is 18.3 Å². The Hall–Kier alpha value is -1.29. The first kappa shape index (κ1) is 13.7. The highest BCUT2D eigenvalue weighted by atomic mass is 16.3. The topological polar surface area (TPSA) is 48.4 Å². The van der Waals surface area contributed by atoms with Crippen molar-refractivity contribution in [2.45, 2.75) is 57.1 Å². The Kier molecular flexibility index (Phi) is 4.41. The van der Waals surface area contributed by atoms with E-state index in [1.807, 2.05) is 12.3 Å². The number of aromatic nitrogens is 1. The lowest BCUT2D eigenvalue weighted by Gasteiger charge is -2.33. The molecule has 1 saturated heterocycles. The third-order valence-electron chi connectivity index (χ3n) is 4.52. The SMILES string of the molecule is OC1CCN(c2ncccc2NC2CCCCC2)CC1. The highest BCUT2D eigenvalue weighted by molar-refractivity contribution is 5.66. The smallest absolute Gasteiger partial charge is 0.151 e. The summed E-state index contributed by atoms with van der Waals surface area (Å²) in [5, 5.41) is 13.3. The maximum absolute atomic E-state index is 9.64. The van der Waals surface area contributed by atoms with Gasteiger partial charge in [-0.1, -0.05) is 19.3 Å². The predicted molar refractivity (Wildman–Crippen MR) is 82.2 cm³/mol. The Morgan fingerprint density at radius 3 is 2.60 bits per heavy atom. The van der Waals surface area contributed by atoms with Crippen LogP contribution in [0.1, 0.15) is 44.9 Å². The van der Waals surface area contributed by atoms with E-state index in [0.29, 0.717) is 6.04 Å². The molecular formula is C16H25N3O. The summed E-state index contributed by atoms with van der Waals surface area (Å²) < 4.78 is 0. The number of hydrogen-bond donors (Lipinski definition) is 2. The van der Waals surface area contributed by atoms with Crippen LogP contribution >= 0.6 is 0 Å². The van der Waals surface area contributed by atoms with Crippen molar-refractivity contribution >= 4 is 11.5 Å². The quantitative estimate of drug-likeness (QED) is 0.890. The minimum absolute atomic E-state index is 0.135. The van der Waals surface area contributed by atoms with Crippen molar-refractivity contribution in [2.24, 2.45) is 0 Å². The van der Waals surface area contributed by atoms with Crippen LogP contribution in [0.5, 0.6) is 0 Å². The van der Waals surface area contributed by atoms with Gasteiger partial charge in [-0.25, -0.2) is 4.98 Å². The Labute approximate surface area is 121 Å². The van der Waals surface area contributed by atoms with E-state index in [9.17, 15) is 5.11 Å². The molecule has 2 aliphatic rings. The summed E-state index contributed by atoms with van der Waals surface area (Å²) in [6.45, 7) is 1.80. The Morgan fingerprint density at radius 2 is 1.85 bits per heavy atom. The van der Waals surface area contributed by atoms with Crippen molar-refractivity contribution in [3.63, 3.8) is 0 Å². The van der Waals surface area contributed by atoms with Gasteiger partial charge < -0.3 is 15.3 Å². The zero-order valence-corrected chi connectivity index (χ0v) is 12.1. The van der Waals surface area contributed by atoms with E-state index in [0.717, 1.165) is 37.4 Å². The van der Waals surface area contributed by atoms with Gasteiger partial charge in [0.2, 0.25) is 0 Å². The molecule has 110 valence electrons. The highest BCUT2D eigenvalue weighted by Crippen LogP contribution is 2.29. The standard InChI is InChI=1S/C16H25N3O/c20-14-8-11-19(12-9-14)16-15(7-4-10-17-16)18-13-5-2-1-3-6-13/h4,7,10,13-14,18,20H,1-3,5-6,8-9,11-12H2. The number of piperidine rings is 1. The van der Waals surface area contributed by atoms with Crippen molar-refractivity contribution in [2.75, 3.05) is 23.3 Å². The predicted octanol–water partition coefficient (Wildman–Crippen LogP) is 2.79. The van der Waals surface area contributed by atoms with Crippen LogP contribution in [0.2, 0.25) is 0 Å². The maximum atomic E-state index is 9.64. The van der Waals surface area contributed by atoms with Crippen molar-refractivity contribution in [1.29, 1.82) is 0 Å². The zero-order valence-electron chi connectivity index (χ0n) is 12.1. The third kappa shape index (κ3) is 3.23. The molecule has 0 spiro atoms. The minimum atomic E-state index is -0.135. The van der Waals surface area contributed by atoms with Gasteiger partial charge in [-0.15, -0.1) is 0 Å². The molecule has 4 nitrogen and oxygen atoms in total. The normalized spacial score (nSPS) is 21.9. The second-order valence-electron chi connectivity index (χ2n) is 6.07. The third-order valence-corrected chi connectivity index (χ3v) is 4.52. The molecule has 4 heteroatoms. The average molecular weight is 275 g/mol. The second kappa shape index (κ2) is 6.44. The molecule has 0 atom stereocenters. The van der Waals surface area contributed by atoms with Gasteiger partial charge in [-0.2, -0.15) is 0 Å². The van der Waals surface area contributed by atoms with Gasteiger partial charge in [0, 0.05) is 25.3 Å². The molecule has 2 heterocycles. The van der Waals surface area contributed by atoms with E-state index in [1.54, 1.807) is 0 Å². The van der Waals surface area contributed by atoms with E-state index < -0.39 is 0 Å². The lowest BCUT2D eigenvalue weighted by molar-refractivity contribution is 0.145. The molecule has 0 amide bonds. The average Bonchev–Trinajstić information content (AvgIpc) is 2.50. The van der Waals surface area contributed by atoms with Crippen LogP contribution in [0, 0.1) is 0 Å². The van der Waals surface area contributed by atoms with E-state index in [4.69, 9.17) is 0 Å². The number of nitrogens with one attached hydrogen (secondary N) is 1. The number of anilines is 2. The first-order valence-corrected chi connectivity index (χ1v) is 7.97. The molecule has 2 N–H and O–H groups in total. The van der Waals surface area contributed by atoms with E-state index in [1.165, 1.54) is 32.1 Å². The molecule has 0 bridgehead atoms. The molecule has 0 unspecified atom stereocenters. The number of aliphatic hydroxyl groups excluding tert-OH is 1. The second-order valence-corrected chi connectivity index (χ2v) is 6.07. The number of hydrogen-bond acceptors (Lipinski definition) is 4. The van der Waals surface area contributed by atoms with Crippen LogP contribution in [-0.2, 0) is 0 Å². The number of nitrogens with zero attached hydrogens (tertiary/aromatic N) is 2. The number of rotatable bonds is 3. The van der Waals surface area contributed by atoms with Crippen LogP contribution < -0.4 is 10.2 Å². The van der Waals surface area contributed by atoms with Gasteiger partial charge >= 0.3 is 0 Å². The molecule has 3 rings (SSSR count). The van der Waals surface area contributed by atoms with Gasteiger partial charge in [0.15, 0.2) is 5.82 Å². The fourth-order valence-electron chi connectivity index (χ4n) is 3.31. The highest BCUT2D eigenvalue weighted by Gasteiger charge is 2.21. The summed E-state index contributed by atoms with van der Waals surface area (Å²) in [5.74, 6) is 1.06. The van der Waals surface area contributed by atoms with Crippen molar-refractivity contribution in [1.82, 2.24) is 4.98 Å². The summed E-state index contributed by atoms with van der Waals surface area (Å²) in [6.07, 6.45) is 10.0. The first-order chi connectivity index (χ1) is 9.83. The van der Waals surface area contributed by atoms with Crippen molar-refractivity contribution < 1.29 is 5.11 Å². The van der Waals surface area contributed by atoms with Crippen LogP contribution in [0.25, 0.3) is 0 Å². The molecule has 20 heavy (non-hydrogen) atoms. The molecule has 0 radical (unpaired) electrons. The van der Waals surface area contributed by atoms with Crippen LogP contribution in [-0.4, -0.2) is 35.3 Å². The van der Waals surface area contributed by atoms with E-state index in [-0.39, 0.29) is 6.10 Å². The minimum Gasteiger partial charge on any atom is -0.393 e. The molecule has 1 saturated carbocycles. The summed E-state index contributed by atoms with van der Waals surface area (Å²) in [4.78, 5) is 6.88. The molecular weight excluding hydrogens is 250 g/mol. The molecule has 2 fully saturated rings. The molecule has 1 aromatic heterocycles. The summed E-state index contributed by atoms with van der Waals surface area (Å²) >= 11 is 0. The molecule has 1 aliphatic carbocycles. The maximum Gasteiger partial charge on any atom is 0.151 e. The number of pyridine rings is 1. The number of aliphatic hydroxyl groups is 1. The monoisotopic (exact) mass is 275 g/mol. The van der Waals surface area contributed by atoms with Gasteiger partial charge in [-0.05, 0) is 37.8 Å². The fourth-order valence-corrected chi connectivity index (χ4v) is 3.31. The lowest BCUT2D eigenvalue weighted by atomic mass is 9.95. The molecule has 0 aromatic carbocycles. The Morgan fingerprint density at radius 1 is 1.10 bits per heavy atom. The zero-order chi connectivity index (χ0) is 13.8. The lowest BCUT2D eigenvalue weighted by Crippen LogP contribution is -2.37. The first-order valence-electron chi connectivity index (χ1n) is 7.97. The largest absolute Gasteiger partial charge is 0.393 e. The van der Waals surface area contributed by atoms with Crippen LogP contribution in [0.3, 0.4) is 0 Å². The van der Waals surface area contributed by atoms with Gasteiger partial charge in [0.1, 0.15) is 0 Å². The summed E-state index contributed by atoms with van der Waals surface area (Å²) in [6, 6.07) is 4.75. The Bertz CT molecular complexity index is 423. The summed E-state index contributed by atoms with van der Waals surface area (Å²) in [7, 11) is 0. The van der Waals surface area contributed by atoms with Gasteiger partial charge in [0.05, 0.1) is 11.8 Å². The Balaban J connectivity index is 1.70. The van der Waals surface area contributed by atoms with Crippen LogP contribution in [0.15, 0.2) is 18.3 Å². The summed E-state index contributed by atoms with van der Waals surface area (Å²) in [5.41, 5.74) is 1.16. The molecule has 1 aromatic rings. The van der Waals surface area contributed by atoms with Crippen molar-refractivity contribution in [3.8, 4) is 0 Å². The van der Waals surface area contributed by atoms with Crippen LogP contribution in [0.4, 0.5) is 11.5 Å². The van der Waals surface area contributed by atoms with E-state index in [2.05, 4.69) is 21.3 Å². The fraction of sp³-hybridized carbons (Fsp3) is 0.688. The molecule has 1 aliphatic heterocycles.